The summed E-state index contributed by atoms with van der Waals surface area (Å²) in [6, 6.07) is 4.13. The highest BCUT2D eigenvalue weighted by atomic mass is 16.5. The molecule has 1 saturated heterocycles. The van der Waals surface area contributed by atoms with Crippen molar-refractivity contribution in [2.24, 2.45) is 5.92 Å². The molecule has 238 valence electrons. The second-order valence-corrected chi connectivity index (χ2v) is 13.1. The molecule has 5 heteroatoms. The lowest BCUT2D eigenvalue weighted by molar-refractivity contribution is -0.0657. The summed E-state index contributed by atoms with van der Waals surface area (Å²) in [5, 5.41) is 31.0. The van der Waals surface area contributed by atoms with Gasteiger partial charge in [-0.3, -0.25) is 4.79 Å². The number of aliphatic hydroxyl groups excluding tert-OH is 1. The summed E-state index contributed by atoms with van der Waals surface area (Å²) in [6.45, 7) is 16.7. The van der Waals surface area contributed by atoms with Crippen LogP contribution in [0.2, 0.25) is 0 Å². The third-order valence-electron chi connectivity index (χ3n) is 8.47. The molecular formula is C38H56O5. The molecule has 4 atom stereocenters. The number of aliphatic hydroxyl groups is 1. The van der Waals surface area contributed by atoms with E-state index in [0.29, 0.717) is 19.3 Å². The molecule has 0 saturated carbocycles. The Hall–Kier alpha value is -2.89. The van der Waals surface area contributed by atoms with Crippen molar-refractivity contribution >= 4 is 5.78 Å². The van der Waals surface area contributed by atoms with Crippen molar-refractivity contribution < 1.29 is 24.9 Å². The van der Waals surface area contributed by atoms with E-state index in [2.05, 4.69) is 71.9 Å². The third kappa shape index (κ3) is 12.3. The van der Waals surface area contributed by atoms with E-state index < -0.39 is 11.7 Å². The van der Waals surface area contributed by atoms with Gasteiger partial charge >= 0.3 is 0 Å². The van der Waals surface area contributed by atoms with Crippen LogP contribution in [0.15, 0.2) is 76.4 Å². The minimum atomic E-state index is -0.600. The molecule has 0 aromatic heterocycles. The average Bonchev–Trinajstić information content (AvgIpc) is 3.21. The number of ketones is 1. The number of benzene rings is 1. The van der Waals surface area contributed by atoms with Gasteiger partial charge in [0.05, 0.1) is 23.4 Å². The smallest absolute Gasteiger partial charge is 0.170 e. The summed E-state index contributed by atoms with van der Waals surface area (Å²) in [6.07, 6.45) is 17.4. The van der Waals surface area contributed by atoms with E-state index in [1.54, 1.807) is 0 Å². The van der Waals surface area contributed by atoms with Crippen LogP contribution in [0.1, 0.15) is 124 Å². The van der Waals surface area contributed by atoms with Crippen LogP contribution < -0.4 is 0 Å². The van der Waals surface area contributed by atoms with Crippen molar-refractivity contribution in [3.8, 4) is 11.5 Å². The second-order valence-electron chi connectivity index (χ2n) is 13.1. The van der Waals surface area contributed by atoms with E-state index >= 15 is 0 Å². The predicted molar refractivity (Wildman–Crippen MR) is 179 cm³/mol. The van der Waals surface area contributed by atoms with Gasteiger partial charge in [-0.2, -0.15) is 0 Å². The minimum Gasteiger partial charge on any atom is -0.508 e. The van der Waals surface area contributed by atoms with Gasteiger partial charge in [-0.1, -0.05) is 52.7 Å². The molecule has 1 fully saturated rings. The maximum Gasteiger partial charge on any atom is 0.170 e. The molecule has 0 amide bonds. The monoisotopic (exact) mass is 592 g/mol. The molecule has 1 aromatic rings. The number of carbonyl (C=O) groups excluding carboxylic acids is 1. The Labute approximate surface area is 260 Å². The predicted octanol–water partition coefficient (Wildman–Crippen LogP) is 9.70. The van der Waals surface area contributed by atoms with Crippen LogP contribution >= 0.6 is 0 Å². The summed E-state index contributed by atoms with van der Waals surface area (Å²) in [5.41, 5.74) is 5.86. The highest BCUT2D eigenvalue weighted by Gasteiger charge is 2.44. The number of Topliss-reactive ketones (excluding diaryl/α,β-unsaturated/α-hetero) is 1. The SMILES string of the molecule is CC(C)=CCCC(C)=CCCC(C)=CCC(CC=C(C)C1CC(O)C(C)(CCC=C(C)C)O1)C(=O)c1ccc(O)cc1O. The first-order valence-electron chi connectivity index (χ1n) is 15.9. The maximum atomic E-state index is 13.6. The Kier molecular flexibility index (Phi) is 14.7. The van der Waals surface area contributed by atoms with E-state index in [0.717, 1.165) is 44.1 Å². The van der Waals surface area contributed by atoms with Gasteiger partial charge < -0.3 is 20.1 Å². The Morgan fingerprint density at radius 1 is 0.884 bits per heavy atom. The fraction of sp³-hybridized carbons (Fsp3) is 0.553. The number of hydrogen-bond acceptors (Lipinski definition) is 5. The average molecular weight is 593 g/mol. The van der Waals surface area contributed by atoms with Gasteiger partial charge in [-0.25, -0.2) is 0 Å². The van der Waals surface area contributed by atoms with Crippen LogP contribution in [0.3, 0.4) is 0 Å². The van der Waals surface area contributed by atoms with Gasteiger partial charge in [-0.15, -0.1) is 0 Å². The fourth-order valence-corrected chi connectivity index (χ4v) is 5.46. The molecule has 1 aliphatic rings. The van der Waals surface area contributed by atoms with Gasteiger partial charge in [0.2, 0.25) is 0 Å². The molecule has 1 heterocycles. The standard InChI is InChI=1S/C38H56O5/c1-26(2)12-9-14-28(5)15-10-16-29(6)17-19-31(37(42)33-22-21-32(39)24-34(33)40)20-18-30(7)35-25-36(41)38(8,43-35)23-11-13-27(3)4/h12-13,15,17-18,21-22,24,31,35-36,39-41H,9-11,14,16,19-20,23,25H2,1-8H3. The zero-order valence-electron chi connectivity index (χ0n) is 27.9. The van der Waals surface area contributed by atoms with Crippen molar-refractivity contribution in [2.75, 3.05) is 0 Å². The maximum absolute atomic E-state index is 13.6. The Morgan fingerprint density at radius 3 is 2.09 bits per heavy atom. The number of phenols is 2. The number of ether oxygens (including phenoxy) is 1. The lowest BCUT2D eigenvalue weighted by atomic mass is 9.88. The van der Waals surface area contributed by atoms with E-state index in [9.17, 15) is 20.1 Å². The number of rotatable bonds is 16. The van der Waals surface area contributed by atoms with Crippen molar-refractivity contribution in [1.82, 2.24) is 0 Å². The van der Waals surface area contributed by atoms with E-state index in [-0.39, 0.29) is 34.9 Å². The Morgan fingerprint density at radius 2 is 1.47 bits per heavy atom. The molecular weight excluding hydrogens is 536 g/mol. The lowest BCUT2D eigenvalue weighted by Gasteiger charge is -2.27. The van der Waals surface area contributed by atoms with Gasteiger partial charge in [0.15, 0.2) is 5.78 Å². The van der Waals surface area contributed by atoms with Crippen LogP contribution in [0.25, 0.3) is 0 Å². The molecule has 0 aliphatic carbocycles. The van der Waals surface area contributed by atoms with Crippen molar-refractivity contribution in [3.63, 3.8) is 0 Å². The molecule has 0 radical (unpaired) electrons. The van der Waals surface area contributed by atoms with Crippen LogP contribution in [0.4, 0.5) is 0 Å². The first kappa shape index (κ1) is 36.3. The number of hydrogen-bond donors (Lipinski definition) is 3. The molecule has 2 rings (SSSR count). The third-order valence-corrected chi connectivity index (χ3v) is 8.47. The van der Waals surface area contributed by atoms with Crippen molar-refractivity contribution in [3.05, 3.63) is 82.0 Å². The molecule has 1 aromatic carbocycles. The summed E-state index contributed by atoms with van der Waals surface area (Å²) < 4.78 is 6.39. The number of allylic oxidation sites excluding steroid dienone is 9. The van der Waals surface area contributed by atoms with Crippen LogP contribution in [-0.4, -0.2) is 38.9 Å². The number of phenolic OH excluding ortho intramolecular Hbond substituents is 2. The summed E-state index contributed by atoms with van der Waals surface area (Å²) in [4.78, 5) is 13.6. The van der Waals surface area contributed by atoms with E-state index in [1.807, 2.05) is 13.8 Å². The number of carbonyl (C=O) groups is 1. The molecule has 4 unspecified atom stereocenters. The van der Waals surface area contributed by atoms with Crippen LogP contribution in [0.5, 0.6) is 11.5 Å². The van der Waals surface area contributed by atoms with Crippen LogP contribution in [0, 0.1) is 5.92 Å². The van der Waals surface area contributed by atoms with Gasteiger partial charge in [0, 0.05) is 18.4 Å². The van der Waals surface area contributed by atoms with E-state index in [4.69, 9.17) is 4.74 Å². The summed E-state index contributed by atoms with van der Waals surface area (Å²) in [5.74, 6) is -0.818. The highest BCUT2D eigenvalue weighted by molar-refractivity contribution is 6.00. The Balaban J connectivity index is 2.13. The van der Waals surface area contributed by atoms with Gasteiger partial charge in [0.25, 0.3) is 0 Å². The molecule has 0 spiro atoms. The largest absolute Gasteiger partial charge is 0.508 e. The fourth-order valence-electron chi connectivity index (χ4n) is 5.46. The zero-order valence-corrected chi connectivity index (χ0v) is 27.9. The molecule has 1 aliphatic heterocycles. The second kappa shape index (κ2) is 17.4. The van der Waals surface area contributed by atoms with E-state index in [1.165, 1.54) is 40.5 Å². The van der Waals surface area contributed by atoms with Gasteiger partial charge in [-0.05, 0) is 124 Å². The van der Waals surface area contributed by atoms with Crippen molar-refractivity contribution in [2.45, 2.75) is 131 Å². The first-order valence-corrected chi connectivity index (χ1v) is 15.9. The normalized spacial score (nSPS) is 21.9. The van der Waals surface area contributed by atoms with Gasteiger partial charge in [0.1, 0.15) is 11.5 Å². The Bertz CT molecular complexity index is 1220. The zero-order chi connectivity index (χ0) is 32.2. The summed E-state index contributed by atoms with van der Waals surface area (Å²) >= 11 is 0. The van der Waals surface area contributed by atoms with Crippen molar-refractivity contribution in [1.29, 1.82) is 0 Å². The lowest BCUT2D eigenvalue weighted by Crippen LogP contribution is -2.35. The summed E-state index contributed by atoms with van der Waals surface area (Å²) in [7, 11) is 0. The van der Waals surface area contributed by atoms with Crippen LogP contribution in [-0.2, 0) is 4.74 Å². The highest BCUT2D eigenvalue weighted by Crippen LogP contribution is 2.38. The molecule has 43 heavy (non-hydrogen) atoms. The first-order chi connectivity index (χ1) is 20.2. The minimum absolute atomic E-state index is 0.0779. The topological polar surface area (TPSA) is 87.0 Å². The molecule has 5 nitrogen and oxygen atoms in total. The molecule has 0 bridgehead atoms. The molecule has 3 N–H and O–H groups in total. The number of aromatic hydroxyl groups is 2. The quantitative estimate of drug-likeness (QED) is 0.131.